The molecule has 0 aromatic rings. The molecule has 2 heteroatoms. The van der Waals surface area contributed by atoms with Gasteiger partial charge in [0.1, 0.15) is 0 Å². The van der Waals surface area contributed by atoms with Crippen molar-refractivity contribution in [3.05, 3.63) is 24.3 Å². The van der Waals surface area contributed by atoms with Gasteiger partial charge in [0.2, 0.25) is 0 Å². The van der Waals surface area contributed by atoms with Gasteiger partial charge < -0.3 is 9.47 Å². The highest BCUT2D eigenvalue weighted by Gasteiger charge is 2.19. The zero-order chi connectivity index (χ0) is 10.2. The highest BCUT2D eigenvalue weighted by atomic mass is 16.6. The van der Waals surface area contributed by atoms with Crippen LogP contribution in [0.3, 0.4) is 0 Å². The van der Waals surface area contributed by atoms with E-state index >= 15 is 0 Å². The highest BCUT2D eigenvalue weighted by Crippen LogP contribution is 2.13. The van der Waals surface area contributed by atoms with Crippen molar-refractivity contribution in [2.75, 3.05) is 13.2 Å². The van der Waals surface area contributed by atoms with E-state index in [-0.39, 0.29) is 12.2 Å². The second-order valence-corrected chi connectivity index (χ2v) is 3.52. The van der Waals surface area contributed by atoms with Gasteiger partial charge in [-0.3, -0.25) is 0 Å². The maximum Gasteiger partial charge on any atom is 0.0844 e. The van der Waals surface area contributed by atoms with E-state index in [4.69, 9.17) is 9.47 Å². The minimum absolute atomic E-state index is 0.257. The summed E-state index contributed by atoms with van der Waals surface area (Å²) in [5, 5.41) is 0. The van der Waals surface area contributed by atoms with Crippen molar-refractivity contribution in [1.82, 2.24) is 0 Å². The first-order valence-corrected chi connectivity index (χ1v) is 5.32. The minimum Gasteiger partial charge on any atom is -0.373 e. The van der Waals surface area contributed by atoms with Crippen molar-refractivity contribution >= 4 is 0 Å². The molecule has 1 rings (SSSR count). The molecule has 1 fully saturated rings. The van der Waals surface area contributed by atoms with Crippen molar-refractivity contribution in [2.24, 2.45) is 0 Å². The fourth-order valence-electron chi connectivity index (χ4n) is 1.43. The minimum atomic E-state index is 0.257. The van der Waals surface area contributed by atoms with Gasteiger partial charge in [0.25, 0.3) is 0 Å². The summed E-state index contributed by atoms with van der Waals surface area (Å²) in [7, 11) is 0. The van der Waals surface area contributed by atoms with Gasteiger partial charge in [-0.1, -0.05) is 24.3 Å². The zero-order valence-electron chi connectivity index (χ0n) is 9.11. The van der Waals surface area contributed by atoms with Crippen molar-refractivity contribution in [2.45, 2.75) is 38.9 Å². The van der Waals surface area contributed by atoms with Crippen molar-refractivity contribution < 1.29 is 9.47 Å². The Morgan fingerprint density at radius 1 is 0.929 bits per heavy atom. The standard InChI is InChI=1S/C12H20O2/c1-3-5-7-11-9-14-12(10-13-11)8-6-4-2/h3-6,11-12H,7-10H2,1-2H3. The van der Waals surface area contributed by atoms with Crippen LogP contribution in [0.15, 0.2) is 24.3 Å². The van der Waals surface area contributed by atoms with Gasteiger partial charge in [-0.2, -0.15) is 0 Å². The summed E-state index contributed by atoms with van der Waals surface area (Å²) in [6.07, 6.45) is 10.8. The molecule has 0 bridgehead atoms. The summed E-state index contributed by atoms with van der Waals surface area (Å²) < 4.78 is 11.4. The lowest BCUT2D eigenvalue weighted by Gasteiger charge is -2.28. The van der Waals surface area contributed by atoms with E-state index in [1.54, 1.807) is 0 Å². The van der Waals surface area contributed by atoms with Crippen LogP contribution in [-0.4, -0.2) is 25.4 Å². The Balaban J connectivity index is 2.17. The first-order chi connectivity index (χ1) is 6.86. The lowest BCUT2D eigenvalue weighted by atomic mass is 10.2. The molecule has 1 aliphatic rings. The molecule has 1 heterocycles. The Labute approximate surface area is 86.6 Å². The van der Waals surface area contributed by atoms with Crippen molar-refractivity contribution in [1.29, 1.82) is 0 Å². The molecule has 1 aliphatic heterocycles. The van der Waals surface area contributed by atoms with Gasteiger partial charge >= 0.3 is 0 Å². The van der Waals surface area contributed by atoms with Gasteiger partial charge in [-0.25, -0.2) is 0 Å². The Bertz CT molecular complexity index is 166. The zero-order valence-corrected chi connectivity index (χ0v) is 9.11. The summed E-state index contributed by atoms with van der Waals surface area (Å²) in [6, 6.07) is 0. The first kappa shape index (κ1) is 11.5. The van der Waals surface area contributed by atoms with Gasteiger partial charge in [0, 0.05) is 0 Å². The predicted octanol–water partition coefficient (Wildman–Crippen LogP) is 2.70. The number of hydrogen-bond donors (Lipinski definition) is 0. The van der Waals surface area contributed by atoms with E-state index in [9.17, 15) is 0 Å². The Morgan fingerprint density at radius 3 is 1.64 bits per heavy atom. The highest BCUT2D eigenvalue weighted by molar-refractivity contribution is 4.85. The van der Waals surface area contributed by atoms with Crippen LogP contribution in [0.5, 0.6) is 0 Å². The lowest BCUT2D eigenvalue weighted by molar-refractivity contribution is -0.129. The summed E-state index contributed by atoms with van der Waals surface area (Å²) in [4.78, 5) is 0. The SMILES string of the molecule is CC=CCC1COC(CC=CC)CO1. The van der Waals surface area contributed by atoms with Crippen LogP contribution in [0.2, 0.25) is 0 Å². The Morgan fingerprint density at radius 2 is 1.36 bits per heavy atom. The maximum atomic E-state index is 5.68. The third-order valence-electron chi connectivity index (χ3n) is 2.30. The average molecular weight is 196 g/mol. The fourth-order valence-corrected chi connectivity index (χ4v) is 1.43. The average Bonchev–Trinajstić information content (AvgIpc) is 2.25. The lowest BCUT2D eigenvalue weighted by Crippen LogP contribution is -2.35. The first-order valence-electron chi connectivity index (χ1n) is 5.32. The summed E-state index contributed by atoms with van der Waals surface area (Å²) in [5.74, 6) is 0. The predicted molar refractivity (Wildman–Crippen MR) is 58.3 cm³/mol. The number of allylic oxidation sites excluding steroid dienone is 2. The molecule has 2 atom stereocenters. The molecule has 2 nitrogen and oxygen atoms in total. The summed E-state index contributed by atoms with van der Waals surface area (Å²) in [6.45, 7) is 5.51. The van der Waals surface area contributed by atoms with E-state index < -0.39 is 0 Å². The smallest absolute Gasteiger partial charge is 0.0844 e. The topological polar surface area (TPSA) is 18.5 Å². The van der Waals surface area contributed by atoms with E-state index in [1.165, 1.54) is 0 Å². The number of rotatable bonds is 4. The second kappa shape index (κ2) is 6.80. The second-order valence-electron chi connectivity index (χ2n) is 3.52. The molecular formula is C12H20O2. The summed E-state index contributed by atoms with van der Waals surface area (Å²) >= 11 is 0. The Kier molecular flexibility index (Phi) is 5.57. The van der Waals surface area contributed by atoms with Crippen LogP contribution in [0.1, 0.15) is 26.7 Å². The Hall–Kier alpha value is -0.600. The molecule has 0 saturated carbocycles. The number of hydrogen-bond acceptors (Lipinski definition) is 2. The van der Waals surface area contributed by atoms with Crippen LogP contribution in [0, 0.1) is 0 Å². The van der Waals surface area contributed by atoms with E-state index in [1.807, 2.05) is 13.8 Å². The monoisotopic (exact) mass is 196 g/mol. The third-order valence-corrected chi connectivity index (χ3v) is 2.30. The van der Waals surface area contributed by atoms with Gasteiger partial charge in [-0.15, -0.1) is 0 Å². The molecule has 0 aromatic carbocycles. The van der Waals surface area contributed by atoms with Crippen LogP contribution >= 0.6 is 0 Å². The quantitative estimate of drug-likeness (QED) is 0.644. The molecule has 80 valence electrons. The molecule has 14 heavy (non-hydrogen) atoms. The molecule has 0 amide bonds. The van der Waals surface area contributed by atoms with Crippen LogP contribution in [0.4, 0.5) is 0 Å². The van der Waals surface area contributed by atoms with E-state index in [0.717, 1.165) is 26.1 Å². The fraction of sp³-hybridized carbons (Fsp3) is 0.667. The summed E-state index contributed by atoms with van der Waals surface area (Å²) in [5.41, 5.74) is 0. The molecule has 0 N–H and O–H groups in total. The molecule has 2 unspecified atom stereocenters. The van der Waals surface area contributed by atoms with Crippen LogP contribution < -0.4 is 0 Å². The molecule has 0 aliphatic carbocycles. The normalized spacial score (nSPS) is 29.0. The van der Waals surface area contributed by atoms with Crippen LogP contribution in [-0.2, 0) is 9.47 Å². The molecule has 0 spiro atoms. The number of ether oxygens (including phenoxy) is 2. The largest absolute Gasteiger partial charge is 0.373 e. The van der Waals surface area contributed by atoms with Crippen molar-refractivity contribution in [3.63, 3.8) is 0 Å². The van der Waals surface area contributed by atoms with E-state index in [0.29, 0.717) is 0 Å². The van der Waals surface area contributed by atoms with E-state index in [2.05, 4.69) is 24.3 Å². The molecule has 0 aromatic heterocycles. The van der Waals surface area contributed by atoms with Crippen LogP contribution in [0.25, 0.3) is 0 Å². The molecular weight excluding hydrogens is 176 g/mol. The molecule has 1 saturated heterocycles. The van der Waals surface area contributed by atoms with Gasteiger partial charge in [0.05, 0.1) is 25.4 Å². The van der Waals surface area contributed by atoms with Crippen molar-refractivity contribution in [3.8, 4) is 0 Å². The molecule has 0 radical (unpaired) electrons. The maximum absolute atomic E-state index is 5.68. The van der Waals surface area contributed by atoms with Gasteiger partial charge in [0.15, 0.2) is 0 Å². The third kappa shape index (κ3) is 4.07. The van der Waals surface area contributed by atoms with Gasteiger partial charge in [-0.05, 0) is 26.7 Å².